The molecule has 0 aliphatic carbocycles. The summed E-state index contributed by atoms with van der Waals surface area (Å²) < 4.78 is 4.52. The highest BCUT2D eigenvalue weighted by molar-refractivity contribution is 5.69. The molecule has 0 aliphatic heterocycles. The third kappa shape index (κ3) is 9.34. The Labute approximate surface area is 80.8 Å². The number of methoxy groups -OCH3 is 1. The van der Waals surface area contributed by atoms with Gasteiger partial charge in [0.15, 0.2) is 0 Å². The molecule has 0 spiro atoms. The van der Waals surface area contributed by atoms with Crippen LogP contribution in [0.15, 0.2) is 0 Å². The second-order valence-electron chi connectivity index (χ2n) is 4.39. The predicted molar refractivity (Wildman–Crippen MR) is 53.6 cm³/mol. The molecule has 0 aromatic carbocycles. The minimum atomic E-state index is -0.150. The van der Waals surface area contributed by atoms with Crippen molar-refractivity contribution in [2.75, 3.05) is 20.2 Å². The fraction of sp³-hybridized carbons (Fsp3) is 0.900. The molecule has 0 heterocycles. The normalized spacial score (nSPS) is 11.4. The van der Waals surface area contributed by atoms with Crippen LogP contribution >= 0.6 is 0 Å². The first kappa shape index (κ1) is 12.4. The summed E-state index contributed by atoms with van der Waals surface area (Å²) in [5, 5.41) is 3.21. The van der Waals surface area contributed by atoms with Crippen LogP contribution in [-0.2, 0) is 9.53 Å². The van der Waals surface area contributed by atoms with Crippen molar-refractivity contribution in [1.82, 2.24) is 5.32 Å². The van der Waals surface area contributed by atoms with Crippen LogP contribution in [0.4, 0.5) is 0 Å². The van der Waals surface area contributed by atoms with Crippen molar-refractivity contribution in [3.8, 4) is 0 Å². The van der Waals surface area contributed by atoms with Gasteiger partial charge in [-0.1, -0.05) is 20.8 Å². The van der Waals surface area contributed by atoms with Crippen LogP contribution in [0.2, 0.25) is 0 Å². The number of ether oxygens (including phenoxy) is 1. The molecule has 13 heavy (non-hydrogen) atoms. The molecule has 0 aromatic heterocycles. The highest BCUT2D eigenvalue weighted by Crippen LogP contribution is 2.16. The SMILES string of the molecule is COC(=O)CCNCCC(C)(C)C. The van der Waals surface area contributed by atoms with Crippen LogP contribution in [0.1, 0.15) is 33.6 Å². The molecule has 0 fully saturated rings. The Kier molecular flexibility index (Phi) is 5.71. The van der Waals surface area contributed by atoms with Crippen molar-refractivity contribution >= 4 is 5.97 Å². The van der Waals surface area contributed by atoms with E-state index in [1.807, 2.05) is 0 Å². The van der Waals surface area contributed by atoms with Crippen LogP contribution in [-0.4, -0.2) is 26.2 Å². The first-order valence-corrected chi connectivity index (χ1v) is 4.73. The van der Waals surface area contributed by atoms with Crippen LogP contribution in [0, 0.1) is 5.41 Å². The van der Waals surface area contributed by atoms with Gasteiger partial charge in [-0.2, -0.15) is 0 Å². The molecule has 0 aliphatic rings. The Morgan fingerprint density at radius 1 is 1.31 bits per heavy atom. The molecular weight excluding hydrogens is 166 g/mol. The standard InChI is InChI=1S/C10H21NO2/c1-10(2,3)6-8-11-7-5-9(12)13-4/h11H,5-8H2,1-4H3. The van der Waals surface area contributed by atoms with Crippen LogP contribution in [0.25, 0.3) is 0 Å². The monoisotopic (exact) mass is 187 g/mol. The van der Waals surface area contributed by atoms with Gasteiger partial charge in [0.1, 0.15) is 0 Å². The molecular formula is C10H21NO2. The zero-order valence-electron chi connectivity index (χ0n) is 9.14. The van der Waals surface area contributed by atoms with E-state index in [1.165, 1.54) is 7.11 Å². The third-order valence-electron chi connectivity index (χ3n) is 1.79. The second-order valence-corrected chi connectivity index (χ2v) is 4.39. The lowest BCUT2D eigenvalue weighted by atomic mass is 9.92. The van der Waals surface area contributed by atoms with Gasteiger partial charge in [-0.05, 0) is 18.4 Å². The average molecular weight is 187 g/mol. The lowest BCUT2D eigenvalue weighted by Crippen LogP contribution is -2.23. The fourth-order valence-corrected chi connectivity index (χ4v) is 0.881. The smallest absolute Gasteiger partial charge is 0.306 e. The van der Waals surface area contributed by atoms with Crippen LogP contribution in [0.3, 0.4) is 0 Å². The van der Waals surface area contributed by atoms with E-state index in [0.717, 1.165) is 13.0 Å². The Morgan fingerprint density at radius 2 is 1.92 bits per heavy atom. The fourth-order valence-electron chi connectivity index (χ4n) is 0.881. The van der Waals surface area contributed by atoms with E-state index in [1.54, 1.807) is 0 Å². The van der Waals surface area contributed by atoms with Crippen LogP contribution in [0.5, 0.6) is 0 Å². The van der Waals surface area contributed by atoms with Gasteiger partial charge >= 0.3 is 5.97 Å². The molecule has 78 valence electrons. The molecule has 0 bridgehead atoms. The van der Waals surface area contributed by atoms with Gasteiger partial charge in [0.2, 0.25) is 0 Å². The van der Waals surface area contributed by atoms with E-state index in [9.17, 15) is 4.79 Å². The number of nitrogens with one attached hydrogen (secondary N) is 1. The summed E-state index contributed by atoms with van der Waals surface area (Å²) >= 11 is 0. The van der Waals surface area contributed by atoms with Gasteiger partial charge in [0.25, 0.3) is 0 Å². The largest absolute Gasteiger partial charge is 0.469 e. The molecule has 0 unspecified atom stereocenters. The van der Waals surface area contributed by atoms with Crippen molar-refractivity contribution in [3.05, 3.63) is 0 Å². The van der Waals surface area contributed by atoms with E-state index in [4.69, 9.17) is 0 Å². The molecule has 0 saturated carbocycles. The van der Waals surface area contributed by atoms with Gasteiger partial charge in [-0.15, -0.1) is 0 Å². The maximum atomic E-state index is 10.7. The first-order valence-electron chi connectivity index (χ1n) is 4.73. The van der Waals surface area contributed by atoms with Crippen molar-refractivity contribution in [3.63, 3.8) is 0 Å². The molecule has 0 aromatic rings. The third-order valence-corrected chi connectivity index (χ3v) is 1.79. The van der Waals surface area contributed by atoms with E-state index in [0.29, 0.717) is 18.4 Å². The number of esters is 1. The minimum Gasteiger partial charge on any atom is -0.469 e. The molecule has 3 nitrogen and oxygen atoms in total. The Balaban J connectivity index is 3.22. The van der Waals surface area contributed by atoms with E-state index in [-0.39, 0.29) is 5.97 Å². The zero-order chi connectivity index (χ0) is 10.3. The topological polar surface area (TPSA) is 38.3 Å². The minimum absolute atomic E-state index is 0.150. The molecule has 0 atom stereocenters. The first-order chi connectivity index (χ1) is 5.95. The maximum Gasteiger partial charge on any atom is 0.306 e. The Hall–Kier alpha value is -0.570. The molecule has 0 saturated heterocycles. The number of carbonyl (C=O) groups is 1. The number of hydrogen-bond acceptors (Lipinski definition) is 3. The van der Waals surface area contributed by atoms with E-state index in [2.05, 4.69) is 30.8 Å². The maximum absolute atomic E-state index is 10.7. The summed E-state index contributed by atoms with van der Waals surface area (Å²) in [5.74, 6) is -0.150. The van der Waals surface area contributed by atoms with E-state index < -0.39 is 0 Å². The predicted octanol–water partition coefficient (Wildman–Crippen LogP) is 1.58. The second kappa shape index (κ2) is 5.97. The summed E-state index contributed by atoms with van der Waals surface area (Å²) in [5.41, 5.74) is 0.359. The van der Waals surface area contributed by atoms with Crippen molar-refractivity contribution < 1.29 is 9.53 Å². The number of carbonyl (C=O) groups excluding carboxylic acids is 1. The van der Waals surface area contributed by atoms with Crippen molar-refractivity contribution in [1.29, 1.82) is 0 Å². The lowest BCUT2D eigenvalue weighted by molar-refractivity contribution is -0.140. The molecule has 3 heteroatoms. The summed E-state index contributed by atoms with van der Waals surface area (Å²) in [6, 6.07) is 0. The number of hydrogen-bond donors (Lipinski definition) is 1. The quantitative estimate of drug-likeness (QED) is 0.524. The average Bonchev–Trinajstić information content (AvgIpc) is 2.01. The molecule has 0 radical (unpaired) electrons. The molecule has 0 amide bonds. The summed E-state index contributed by atoms with van der Waals surface area (Å²) in [6.07, 6.45) is 1.58. The zero-order valence-corrected chi connectivity index (χ0v) is 9.14. The number of rotatable bonds is 5. The van der Waals surface area contributed by atoms with Gasteiger partial charge < -0.3 is 10.1 Å². The summed E-state index contributed by atoms with van der Waals surface area (Å²) in [7, 11) is 1.41. The van der Waals surface area contributed by atoms with Crippen LogP contribution < -0.4 is 5.32 Å². The highest BCUT2D eigenvalue weighted by Gasteiger charge is 2.08. The Morgan fingerprint density at radius 3 is 2.38 bits per heavy atom. The summed E-state index contributed by atoms with van der Waals surface area (Å²) in [4.78, 5) is 10.7. The highest BCUT2D eigenvalue weighted by atomic mass is 16.5. The van der Waals surface area contributed by atoms with Gasteiger partial charge in [0, 0.05) is 6.54 Å². The lowest BCUT2D eigenvalue weighted by Gasteiger charge is -2.17. The van der Waals surface area contributed by atoms with Gasteiger partial charge in [0.05, 0.1) is 13.5 Å². The van der Waals surface area contributed by atoms with Crippen molar-refractivity contribution in [2.24, 2.45) is 5.41 Å². The Bertz CT molecular complexity index is 149. The summed E-state index contributed by atoms with van der Waals surface area (Å²) in [6.45, 7) is 8.28. The van der Waals surface area contributed by atoms with E-state index >= 15 is 0 Å². The van der Waals surface area contributed by atoms with Crippen molar-refractivity contribution in [2.45, 2.75) is 33.6 Å². The molecule has 0 rings (SSSR count). The molecule has 1 N–H and O–H groups in total. The van der Waals surface area contributed by atoms with Gasteiger partial charge in [-0.3, -0.25) is 4.79 Å². The van der Waals surface area contributed by atoms with Gasteiger partial charge in [-0.25, -0.2) is 0 Å².